The van der Waals surface area contributed by atoms with E-state index in [1.54, 1.807) is 4.68 Å². The number of hydrogen-bond donors (Lipinski definition) is 2. The minimum absolute atomic E-state index is 0.0887. The highest BCUT2D eigenvalue weighted by molar-refractivity contribution is 5.89. The van der Waals surface area contributed by atoms with Gasteiger partial charge in [0.25, 0.3) is 5.56 Å². The molecule has 1 unspecified atom stereocenters. The first-order valence-electron chi connectivity index (χ1n) is 13.6. The monoisotopic (exact) mass is 528 g/mol. The number of aliphatic hydroxyl groups is 1. The zero-order valence-corrected chi connectivity index (χ0v) is 22.6. The van der Waals surface area contributed by atoms with E-state index in [0.717, 1.165) is 22.4 Å². The number of likely N-dealkylation sites (tertiary alicyclic amines) is 1. The fraction of sp³-hybridized carbons (Fsp3) is 0.400. The first kappa shape index (κ1) is 26.8. The molecule has 4 aromatic rings. The lowest BCUT2D eigenvalue weighted by atomic mass is 9.90. The lowest BCUT2D eigenvalue weighted by molar-refractivity contribution is -0.136. The summed E-state index contributed by atoms with van der Waals surface area (Å²) < 4.78 is 3.24. The summed E-state index contributed by atoms with van der Waals surface area (Å²) in [5.74, 6) is 0.216. The van der Waals surface area contributed by atoms with E-state index in [1.165, 1.54) is 10.9 Å². The average molecular weight is 529 g/mol. The summed E-state index contributed by atoms with van der Waals surface area (Å²) >= 11 is 0. The molecule has 1 aliphatic heterocycles. The Bertz CT molecular complexity index is 1500. The van der Waals surface area contributed by atoms with Crippen LogP contribution in [0.2, 0.25) is 0 Å². The van der Waals surface area contributed by atoms with E-state index in [0.29, 0.717) is 51.0 Å². The first-order valence-corrected chi connectivity index (χ1v) is 13.6. The number of nitrogens with two attached hydrogens (primary N) is 1. The minimum atomic E-state index is -1.10. The molecule has 2 aromatic carbocycles. The lowest BCUT2D eigenvalue weighted by Gasteiger charge is -2.38. The second-order valence-electron chi connectivity index (χ2n) is 10.6. The maximum atomic E-state index is 13.4. The molecule has 9 heteroatoms. The summed E-state index contributed by atoms with van der Waals surface area (Å²) in [6.45, 7) is 6.09. The highest BCUT2D eigenvalue weighted by atomic mass is 16.3. The number of carbonyl (C=O) groups excluding carboxylic acids is 1. The molecular weight excluding hydrogens is 492 g/mol. The molecule has 3 N–H and O–H groups in total. The van der Waals surface area contributed by atoms with Crippen LogP contribution in [0.1, 0.15) is 50.2 Å². The Morgan fingerprint density at radius 1 is 1.08 bits per heavy atom. The van der Waals surface area contributed by atoms with Crippen molar-refractivity contribution < 1.29 is 9.90 Å². The molecular formula is C30H36N6O3. The van der Waals surface area contributed by atoms with Gasteiger partial charge in [0.1, 0.15) is 5.52 Å². The van der Waals surface area contributed by atoms with E-state index in [-0.39, 0.29) is 29.4 Å². The number of hydrogen-bond acceptors (Lipinski definition) is 6. The van der Waals surface area contributed by atoms with Crippen molar-refractivity contribution in [2.45, 2.75) is 64.3 Å². The van der Waals surface area contributed by atoms with E-state index < -0.39 is 5.60 Å². The molecule has 1 aliphatic rings. The van der Waals surface area contributed by atoms with Crippen molar-refractivity contribution in [1.82, 2.24) is 24.2 Å². The molecule has 0 bridgehead atoms. The van der Waals surface area contributed by atoms with Crippen LogP contribution < -0.4 is 11.3 Å². The fourth-order valence-electron chi connectivity index (χ4n) is 5.40. The summed E-state index contributed by atoms with van der Waals surface area (Å²) in [7, 11) is 0. The molecule has 0 saturated carbocycles. The molecule has 0 aliphatic carbocycles. The molecule has 9 nitrogen and oxygen atoms in total. The molecule has 5 rings (SSSR count). The van der Waals surface area contributed by atoms with Gasteiger partial charge in [-0.25, -0.2) is 4.98 Å². The topological polar surface area (TPSA) is 119 Å². The lowest BCUT2D eigenvalue weighted by Crippen LogP contribution is -2.49. The van der Waals surface area contributed by atoms with Crippen LogP contribution in [0.5, 0.6) is 0 Å². The Morgan fingerprint density at radius 3 is 2.41 bits per heavy atom. The molecule has 1 atom stereocenters. The van der Waals surface area contributed by atoms with Crippen molar-refractivity contribution in [3.8, 4) is 11.3 Å². The van der Waals surface area contributed by atoms with Crippen molar-refractivity contribution >= 4 is 16.9 Å². The molecule has 0 radical (unpaired) electrons. The molecule has 39 heavy (non-hydrogen) atoms. The fourth-order valence-corrected chi connectivity index (χ4v) is 5.40. The molecule has 2 aromatic heterocycles. The maximum absolute atomic E-state index is 13.4. The zero-order valence-electron chi connectivity index (χ0n) is 22.6. The van der Waals surface area contributed by atoms with Gasteiger partial charge in [0.15, 0.2) is 5.52 Å². The Kier molecular flexibility index (Phi) is 7.63. The number of nitrogens with zero attached hydrogens (tertiary/aromatic N) is 5. The Morgan fingerprint density at radius 2 is 1.77 bits per heavy atom. The van der Waals surface area contributed by atoms with E-state index in [9.17, 15) is 14.7 Å². The summed E-state index contributed by atoms with van der Waals surface area (Å²) in [5.41, 5.74) is 9.04. The third-order valence-electron chi connectivity index (χ3n) is 7.84. The van der Waals surface area contributed by atoms with Gasteiger partial charge in [-0.15, -0.1) is 0 Å². The van der Waals surface area contributed by atoms with Crippen molar-refractivity contribution in [2.24, 2.45) is 5.73 Å². The van der Waals surface area contributed by atoms with Crippen molar-refractivity contribution in [1.29, 1.82) is 0 Å². The van der Waals surface area contributed by atoms with E-state index >= 15 is 0 Å². The van der Waals surface area contributed by atoms with Crippen LogP contribution >= 0.6 is 0 Å². The summed E-state index contributed by atoms with van der Waals surface area (Å²) in [6.07, 6.45) is 2.72. The van der Waals surface area contributed by atoms with Crippen LogP contribution in [0.3, 0.4) is 0 Å². The Hall–Kier alpha value is -3.82. The molecule has 1 saturated heterocycles. The second kappa shape index (κ2) is 11.1. The number of piperidine rings is 1. The van der Waals surface area contributed by atoms with Gasteiger partial charge in [-0.1, -0.05) is 61.5 Å². The third kappa shape index (κ3) is 5.51. The van der Waals surface area contributed by atoms with Gasteiger partial charge in [0.05, 0.1) is 24.2 Å². The van der Waals surface area contributed by atoms with E-state index in [4.69, 9.17) is 5.73 Å². The van der Waals surface area contributed by atoms with E-state index in [1.807, 2.05) is 66.4 Å². The summed E-state index contributed by atoms with van der Waals surface area (Å²) in [4.78, 5) is 32.8. The maximum Gasteiger partial charge on any atom is 0.281 e. The van der Waals surface area contributed by atoms with E-state index in [2.05, 4.69) is 17.0 Å². The van der Waals surface area contributed by atoms with Gasteiger partial charge in [-0.3, -0.25) is 18.8 Å². The quantitative estimate of drug-likeness (QED) is 0.362. The highest BCUT2D eigenvalue weighted by Crippen LogP contribution is 2.28. The van der Waals surface area contributed by atoms with Crippen molar-refractivity contribution in [3.05, 3.63) is 82.4 Å². The number of rotatable bonds is 8. The molecule has 3 heterocycles. The first-order chi connectivity index (χ1) is 18.8. The minimum Gasteiger partial charge on any atom is -0.388 e. The number of benzene rings is 2. The van der Waals surface area contributed by atoms with Crippen LogP contribution in [0, 0.1) is 0 Å². The SMILES string of the molecule is CCn1nc2c(=O)n(CC3(O)CCN(C(=O)CC(C)c4ccccc4)CC3)cnc2c1-c1ccc(CN)cc1. The number of fused-ring (bicyclic) bond motifs is 1. The number of aryl methyl sites for hydroxylation is 1. The second-order valence-corrected chi connectivity index (χ2v) is 10.6. The predicted octanol–water partition coefficient (Wildman–Crippen LogP) is 3.29. The largest absolute Gasteiger partial charge is 0.388 e. The highest BCUT2D eigenvalue weighted by Gasteiger charge is 2.35. The van der Waals surface area contributed by atoms with Crippen molar-refractivity contribution in [3.63, 3.8) is 0 Å². The van der Waals surface area contributed by atoms with Gasteiger partial charge in [-0.05, 0) is 36.8 Å². The normalized spacial score (nSPS) is 15.9. The van der Waals surface area contributed by atoms with Gasteiger partial charge in [0, 0.05) is 38.2 Å². The van der Waals surface area contributed by atoms with Crippen LogP contribution in [0.25, 0.3) is 22.3 Å². The number of amides is 1. The molecule has 0 spiro atoms. The Balaban J connectivity index is 1.30. The van der Waals surface area contributed by atoms with Gasteiger partial charge in [0.2, 0.25) is 5.91 Å². The molecule has 1 fully saturated rings. The summed E-state index contributed by atoms with van der Waals surface area (Å²) in [5, 5.41) is 15.9. The van der Waals surface area contributed by atoms with Crippen LogP contribution in [0.15, 0.2) is 65.7 Å². The standard InChI is InChI=1S/C30H36N6O3/c1-3-36-28(24-11-9-22(18-31)10-12-24)26-27(33-36)29(38)35(20-32-26)19-30(39)13-15-34(16-14-30)25(37)17-21(2)23-7-5-4-6-8-23/h4-12,20-21,39H,3,13-19,31H2,1-2H3. The molecule has 1 amide bonds. The van der Waals surface area contributed by atoms with Crippen molar-refractivity contribution in [2.75, 3.05) is 13.1 Å². The summed E-state index contributed by atoms with van der Waals surface area (Å²) in [6, 6.07) is 17.9. The van der Waals surface area contributed by atoms with Gasteiger partial charge in [-0.2, -0.15) is 5.10 Å². The van der Waals surface area contributed by atoms with Gasteiger partial charge < -0.3 is 15.7 Å². The zero-order chi connectivity index (χ0) is 27.6. The van der Waals surface area contributed by atoms with Crippen LogP contribution in [-0.4, -0.2) is 53.9 Å². The average Bonchev–Trinajstić information content (AvgIpc) is 3.35. The number of aromatic nitrogens is 4. The van der Waals surface area contributed by atoms with Gasteiger partial charge >= 0.3 is 0 Å². The smallest absolute Gasteiger partial charge is 0.281 e. The third-order valence-corrected chi connectivity index (χ3v) is 7.84. The number of carbonyl (C=O) groups is 1. The van der Waals surface area contributed by atoms with Crippen LogP contribution in [-0.2, 0) is 24.4 Å². The van der Waals surface area contributed by atoms with Crippen LogP contribution in [0.4, 0.5) is 0 Å². The molecule has 204 valence electrons. The predicted molar refractivity (Wildman–Crippen MR) is 151 cm³/mol. The Labute approximate surface area is 227 Å².